The topological polar surface area (TPSA) is 94.9 Å². The third-order valence-electron chi connectivity index (χ3n) is 5.95. The van der Waals surface area contributed by atoms with Crippen LogP contribution in [0.15, 0.2) is 47.1 Å². The van der Waals surface area contributed by atoms with Crippen molar-refractivity contribution in [1.29, 1.82) is 0 Å². The first-order chi connectivity index (χ1) is 15.5. The standard InChI is InChI=1S/C23H27FN4O4/c24-18-5-1-6-19(11-18)26-23(31)25-12-16-4-2-8-27(13-16)22(30)17-10-21(29)28(14-17)15-20-7-3-9-32-20/h1,3,5-7,9,11,16-17H,2,4,8,10,12-15H2,(H2,25,26,31). The van der Waals surface area contributed by atoms with E-state index in [-0.39, 0.29) is 30.1 Å². The number of carbonyl (C=O) groups excluding carboxylic acids is 3. The van der Waals surface area contributed by atoms with Gasteiger partial charge in [-0.05, 0) is 49.1 Å². The molecule has 3 heterocycles. The van der Waals surface area contributed by atoms with Gasteiger partial charge in [0.25, 0.3) is 0 Å². The number of hydrogen-bond donors (Lipinski definition) is 2. The van der Waals surface area contributed by atoms with Gasteiger partial charge in [0.2, 0.25) is 11.8 Å². The highest BCUT2D eigenvalue weighted by Crippen LogP contribution is 2.25. The van der Waals surface area contributed by atoms with Crippen LogP contribution in [0.2, 0.25) is 0 Å². The summed E-state index contributed by atoms with van der Waals surface area (Å²) in [5, 5.41) is 5.41. The van der Waals surface area contributed by atoms with Crippen LogP contribution in [-0.4, -0.2) is 53.8 Å². The molecule has 2 atom stereocenters. The molecule has 9 heteroatoms. The van der Waals surface area contributed by atoms with Crippen molar-refractivity contribution in [3.63, 3.8) is 0 Å². The maximum absolute atomic E-state index is 13.2. The largest absolute Gasteiger partial charge is 0.467 e. The first-order valence-corrected chi connectivity index (χ1v) is 10.9. The summed E-state index contributed by atoms with van der Waals surface area (Å²) < 4.78 is 18.6. The fraction of sp³-hybridized carbons (Fsp3) is 0.435. The Hall–Kier alpha value is -3.36. The van der Waals surface area contributed by atoms with E-state index >= 15 is 0 Å². The Balaban J connectivity index is 1.25. The summed E-state index contributed by atoms with van der Waals surface area (Å²) in [5.74, 6) is 0.0189. The molecular formula is C23H27FN4O4. The fourth-order valence-corrected chi connectivity index (χ4v) is 4.35. The molecule has 1 aromatic heterocycles. The van der Waals surface area contributed by atoms with Crippen LogP contribution in [0.5, 0.6) is 0 Å². The molecule has 2 N–H and O–H groups in total. The lowest BCUT2D eigenvalue weighted by molar-refractivity contribution is -0.137. The predicted molar refractivity (Wildman–Crippen MR) is 115 cm³/mol. The van der Waals surface area contributed by atoms with Crippen molar-refractivity contribution in [3.8, 4) is 0 Å². The van der Waals surface area contributed by atoms with Crippen molar-refractivity contribution in [1.82, 2.24) is 15.1 Å². The molecule has 2 aliphatic rings. The second kappa shape index (κ2) is 9.84. The van der Waals surface area contributed by atoms with Gasteiger partial charge in [-0.15, -0.1) is 0 Å². The highest BCUT2D eigenvalue weighted by molar-refractivity contribution is 5.90. The van der Waals surface area contributed by atoms with E-state index in [1.807, 2.05) is 11.0 Å². The molecule has 0 saturated carbocycles. The van der Waals surface area contributed by atoms with Gasteiger partial charge in [0.1, 0.15) is 11.6 Å². The number of rotatable bonds is 6. The van der Waals surface area contributed by atoms with Crippen molar-refractivity contribution >= 4 is 23.5 Å². The molecule has 2 unspecified atom stereocenters. The lowest BCUT2D eigenvalue weighted by atomic mass is 9.96. The molecule has 0 radical (unpaired) electrons. The molecule has 2 aromatic rings. The van der Waals surface area contributed by atoms with Gasteiger partial charge in [0, 0.05) is 38.3 Å². The molecule has 2 saturated heterocycles. The van der Waals surface area contributed by atoms with Gasteiger partial charge in [-0.1, -0.05) is 6.07 Å². The Labute approximate surface area is 185 Å². The number of anilines is 1. The maximum Gasteiger partial charge on any atom is 0.319 e. The fourth-order valence-electron chi connectivity index (χ4n) is 4.35. The van der Waals surface area contributed by atoms with Crippen LogP contribution >= 0.6 is 0 Å². The van der Waals surface area contributed by atoms with Crippen LogP contribution in [0.3, 0.4) is 0 Å². The predicted octanol–water partition coefficient (Wildman–Crippen LogP) is 2.83. The maximum atomic E-state index is 13.2. The number of halogens is 1. The van der Waals surface area contributed by atoms with Gasteiger partial charge in [0.05, 0.1) is 18.7 Å². The van der Waals surface area contributed by atoms with Crippen molar-refractivity contribution in [2.75, 3.05) is 31.5 Å². The minimum absolute atomic E-state index is 0.00536. The Morgan fingerprint density at radius 2 is 2.06 bits per heavy atom. The van der Waals surface area contributed by atoms with E-state index in [1.54, 1.807) is 23.3 Å². The second-order valence-electron chi connectivity index (χ2n) is 8.39. The normalized spacial score (nSPS) is 21.0. The molecule has 4 rings (SSSR count). The van der Waals surface area contributed by atoms with Gasteiger partial charge < -0.3 is 24.9 Å². The molecule has 1 aromatic carbocycles. The van der Waals surface area contributed by atoms with E-state index in [2.05, 4.69) is 10.6 Å². The minimum Gasteiger partial charge on any atom is -0.467 e. The highest BCUT2D eigenvalue weighted by Gasteiger charge is 2.38. The van der Waals surface area contributed by atoms with Crippen molar-refractivity contribution in [2.24, 2.45) is 11.8 Å². The summed E-state index contributed by atoms with van der Waals surface area (Å²) in [7, 11) is 0. The monoisotopic (exact) mass is 442 g/mol. The van der Waals surface area contributed by atoms with Crippen LogP contribution in [0, 0.1) is 17.7 Å². The summed E-state index contributed by atoms with van der Waals surface area (Å²) in [6.45, 7) is 2.39. The zero-order valence-corrected chi connectivity index (χ0v) is 17.8. The van der Waals surface area contributed by atoms with Gasteiger partial charge in [-0.3, -0.25) is 9.59 Å². The van der Waals surface area contributed by atoms with Crippen molar-refractivity contribution in [2.45, 2.75) is 25.8 Å². The van der Waals surface area contributed by atoms with Gasteiger partial charge in [0.15, 0.2) is 0 Å². The number of urea groups is 1. The molecule has 2 fully saturated rings. The van der Waals surface area contributed by atoms with Crippen LogP contribution in [0.25, 0.3) is 0 Å². The molecular weight excluding hydrogens is 415 g/mol. The third kappa shape index (κ3) is 5.46. The number of nitrogens with zero attached hydrogens (tertiary/aromatic N) is 2. The number of benzene rings is 1. The van der Waals surface area contributed by atoms with E-state index in [0.717, 1.165) is 12.8 Å². The lowest BCUT2D eigenvalue weighted by Crippen LogP contribution is -2.46. The van der Waals surface area contributed by atoms with E-state index in [0.29, 0.717) is 44.2 Å². The molecule has 170 valence electrons. The second-order valence-corrected chi connectivity index (χ2v) is 8.39. The number of piperidine rings is 1. The van der Waals surface area contributed by atoms with Crippen LogP contribution in [-0.2, 0) is 16.1 Å². The van der Waals surface area contributed by atoms with E-state index in [4.69, 9.17) is 4.42 Å². The molecule has 8 nitrogen and oxygen atoms in total. The number of likely N-dealkylation sites (tertiary alicyclic amines) is 2. The van der Waals surface area contributed by atoms with Gasteiger partial charge in [-0.2, -0.15) is 0 Å². The van der Waals surface area contributed by atoms with E-state index < -0.39 is 11.8 Å². The van der Waals surface area contributed by atoms with Crippen LogP contribution < -0.4 is 10.6 Å². The zero-order valence-electron chi connectivity index (χ0n) is 17.8. The summed E-state index contributed by atoms with van der Waals surface area (Å²) >= 11 is 0. The Morgan fingerprint density at radius 3 is 2.84 bits per heavy atom. The van der Waals surface area contributed by atoms with Gasteiger partial charge in [-0.25, -0.2) is 9.18 Å². The quantitative estimate of drug-likeness (QED) is 0.719. The van der Waals surface area contributed by atoms with Gasteiger partial charge >= 0.3 is 6.03 Å². The van der Waals surface area contributed by atoms with Crippen molar-refractivity contribution < 1.29 is 23.2 Å². The lowest BCUT2D eigenvalue weighted by Gasteiger charge is -2.34. The summed E-state index contributed by atoms with van der Waals surface area (Å²) in [6, 6.07) is 8.88. The average Bonchev–Trinajstić information content (AvgIpc) is 3.42. The number of carbonyl (C=O) groups is 3. The number of amides is 4. The number of hydrogen-bond acceptors (Lipinski definition) is 4. The van der Waals surface area contributed by atoms with Crippen molar-refractivity contribution in [3.05, 3.63) is 54.2 Å². The summed E-state index contributed by atoms with van der Waals surface area (Å²) in [5.41, 5.74) is 0.382. The summed E-state index contributed by atoms with van der Waals surface area (Å²) in [4.78, 5) is 41.0. The Bertz CT molecular complexity index is 965. The SMILES string of the molecule is O=C(NCC1CCCN(C(=O)C2CC(=O)N(Cc3ccco3)C2)C1)Nc1cccc(F)c1. The van der Waals surface area contributed by atoms with E-state index in [1.165, 1.54) is 18.2 Å². The van der Waals surface area contributed by atoms with Crippen LogP contribution in [0.1, 0.15) is 25.0 Å². The molecule has 4 amide bonds. The van der Waals surface area contributed by atoms with Crippen LogP contribution in [0.4, 0.5) is 14.9 Å². The first kappa shape index (κ1) is 21.9. The highest BCUT2D eigenvalue weighted by atomic mass is 19.1. The number of nitrogens with one attached hydrogen (secondary N) is 2. The number of furan rings is 1. The molecule has 2 aliphatic heterocycles. The third-order valence-corrected chi connectivity index (χ3v) is 5.95. The Kier molecular flexibility index (Phi) is 6.72. The molecule has 32 heavy (non-hydrogen) atoms. The summed E-state index contributed by atoms with van der Waals surface area (Å²) in [6.07, 6.45) is 3.53. The Morgan fingerprint density at radius 1 is 1.19 bits per heavy atom. The van der Waals surface area contributed by atoms with E-state index in [9.17, 15) is 18.8 Å². The zero-order chi connectivity index (χ0) is 22.5. The molecule has 0 aliphatic carbocycles. The smallest absolute Gasteiger partial charge is 0.319 e. The minimum atomic E-state index is -0.419. The average molecular weight is 442 g/mol. The molecule has 0 bridgehead atoms. The molecule has 0 spiro atoms. The first-order valence-electron chi connectivity index (χ1n) is 10.9.